The molecule has 2 atom stereocenters. The third kappa shape index (κ3) is 3.64. The predicted octanol–water partition coefficient (Wildman–Crippen LogP) is 4.66. The Morgan fingerprint density at radius 1 is 1.00 bits per heavy atom. The molecular formula is C28H29N3O3. The standard InChI is InChI=1S/C28H29N3O3/c1-3-34-27(32)25-18-19-30-20-31(23-14-16-24(33-2)17-15-23)29-26(21-10-6-4-7-11-21)28(25,30)22-12-8-5-9-13-22/h4-17,25H,3,18-20H2,1-2H3/t25-,28+/m0/s1. The molecule has 0 saturated carbocycles. The molecule has 0 bridgehead atoms. The molecule has 3 aromatic carbocycles. The van der Waals surface area contributed by atoms with Crippen LogP contribution in [-0.4, -0.2) is 43.5 Å². The van der Waals surface area contributed by atoms with E-state index in [0.717, 1.165) is 34.8 Å². The van der Waals surface area contributed by atoms with Gasteiger partial charge in [-0.15, -0.1) is 0 Å². The largest absolute Gasteiger partial charge is 0.497 e. The van der Waals surface area contributed by atoms with E-state index in [-0.39, 0.29) is 11.9 Å². The molecule has 0 N–H and O–H groups in total. The number of methoxy groups -OCH3 is 1. The number of hydrogen-bond acceptors (Lipinski definition) is 6. The van der Waals surface area contributed by atoms with Gasteiger partial charge in [-0.05, 0) is 43.2 Å². The van der Waals surface area contributed by atoms with Crippen LogP contribution in [0, 0.1) is 5.92 Å². The van der Waals surface area contributed by atoms with E-state index in [9.17, 15) is 4.79 Å². The van der Waals surface area contributed by atoms with Crippen LogP contribution in [0.4, 0.5) is 5.69 Å². The normalized spacial score (nSPS) is 22.1. The van der Waals surface area contributed by atoms with E-state index in [1.165, 1.54) is 0 Å². The summed E-state index contributed by atoms with van der Waals surface area (Å²) in [5.74, 6) is 0.275. The van der Waals surface area contributed by atoms with Gasteiger partial charge in [0.25, 0.3) is 0 Å². The van der Waals surface area contributed by atoms with Crippen molar-refractivity contribution in [1.29, 1.82) is 0 Å². The molecule has 0 aliphatic carbocycles. The second-order valence-electron chi connectivity index (χ2n) is 8.54. The highest BCUT2D eigenvalue weighted by atomic mass is 16.5. The quantitative estimate of drug-likeness (QED) is 0.506. The van der Waals surface area contributed by atoms with Crippen molar-refractivity contribution in [2.45, 2.75) is 18.9 Å². The maximum atomic E-state index is 13.3. The number of esters is 1. The molecular weight excluding hydrogens is 426 g/mol. The number of carbonyl (C=O) groups excluding carboxylic acids is 1. The molecule has 0 spiro atoms. The van der Waals surface area contributed by atoms with Crippen molar-refractivity contribution in [3.8, 4) is 5.75 Å². The first-order valence-electron chi connectivity index (χ1n) is 11.7. The molecule has 34 heavy (non-hydrogen) atoms. The Labute approximate surface area is 200 Å². The highest BCUT2D eigenvalue weighted by molar-refractivity contribution is 6.11. The number of benzene rings is 3. The summed E-state index contributed by atoms with van der Waals surface area (Å²) in [5.41, 5.74) is 3.17. The zero-order chi connectivity index (χ0) is 23.5. The van der Waals surface area contributed by atoms with Crippen molar-refractivity contribution < 1.29 is 14.3 Å². The number of ether oxygens (including phenoxy) is 2. The van der Waals surface area contributed by atoms with Crippen LogP contribution in [0.2, 0.25) is 0 Å². The maximum Gasteiger partial charge on any atom is 0.311 e. The van der Waals surface area contributed by atoms with Gasteiger partial charge in [0.2, 0.25) is 0 Å². The van der Waals surface area contributed by atoms with Crippen molar-refractivity contribution in [1.82, 2.24) is 4.90 Å². The van der Waals surface area contributed by atoms with E-state index in [1.807, 2.05) is 72.6 Å². The van der Waals surface area contributed by atoms with Crippen LogP contribution in [0.1, 0.15) is 24.5 Å². The fourth-order valence-electron chi connectivity index (χ4n) is 5.29. The Bertz CT molecular complexity index is 1160. The second-order valence-corrected chi connectivity index (χ2v) is 8.54. The first-order chi connectivity index (χ1) is 16.7. The zero-order valence-electron chi connectivity index (χ0n) is 19.6. The molecule has 2 aliphatic rings. The van der Waals surface area contributed by atoms with Gasteiger partial charge in [-0.1, -0.05) is 60.7 Å². The van der Waals surface area contributed by atoms with Crippen LogP contribution >= 0.6 is 0 Å². The number of rotatable bonds is 6. The second kappa shape index (κ2) is 9.31. The predicted molar refractivity (Wildman–Crippen MR) is 133 cm³/mol. The number of hydrazone groups is 1. The van der Waals surface area contributed by atoms with Gasteiger partial charge < -0.3 is 9.47 Å². The minimum atomic E-state index is -0.710. The van der Waals surface area contributed by atoms with E-state index in [1.54, 1.807) is 7.11 Å². The molecule has 0 unspecified atom stereocenters. The third-order valence-electron chi connectivity index (χ3n) is 6.78. The summed E-state index contributed by atoms with van der Waals surface area (Å²) in [6.07, 6.45) is 0.704. The first-order valence-corrected chi connectivity index (χ1v) is 11.7. The Balaban J connectivity index is 1.72. The zero-order valence-corrected chi connectivity index (χ0v) is 19.6. The average Bonchev–Trinajstić information content (AvgIpc) is 3.30. The van der Waals surface area contributed by atoms with Gasteiger partial charge in [0.1, 0.15) is 11.3 Å². The van der Waals surface area contributed by atoms with E-state index >= 15 is 0 Å². The topological polar surface area (TPSA) is 54.4 Å². The van der Waals surface area contributed by atoms with Crippen molar-refractivity contribution in [3.05, 3.63) is 96.1 Å². The molecule has 0 radical (unpaired) electrons. The molecule has 2 aliphatic heterocycles. The summed E-state index contributed by atoms with van der Waals surface area (Å²) in [5, 5.41) is 7.23. The van der Waals surface area contributed by atoms with Crippen LogP contribution in [-0.2, 0) is 15.1 Å². The van der Waals surface area contributed by atoms with Crippen LogP contribution < -0.4 is 9.75 Å². The Kier molecular flexibility index (Phi) is 6.07. The van der Waals surface area contributed by atoms with Gasteiger partial charge in [-0.3, -0.25) is 14.7 Å². The van der Waals surface area contributed by atoms with E-state index in [2.05, 4.69) is 29.2 Å². The molecule has 2 heterocycles. The minimum absolute atomic E-state index is 0.171. The number of fused-ring (bicyclic) bond motifs is 1. The lowest BCUT2D eigenvalue weighted by Gasteiger charge is -2.48. The molecule has 174 valence electrons. The molecule has 3 aromatic rings. The summed E-state index contributed by atoms with van der Waals surface area (Å²) >= 11 is 0. The van der Waals surface area contributed by atoms with Crippen LogP contribution in [0.3, 0.4) is 0 Å². The summed E-state index contributed by atoms with van der Waals surface area (Å²) in [6, 6.07) is 28.3. The molecule has 1 fully saturated rings. The lowest BCUT2D eigenvalue weighted by molar-refractivity contribution is -0.150. The van der Waals surface area contributed by atoms with Crippen molar-refractivity contribution in [2.24, 2.45) is 11.0 Å². The van der Waals surface area contributed by atoms with E-state index < -0.39 is 5.54 Å². The maximum absolute atomic E-state index is 13.3. The summed E-state index contributed by atoms with van der Waals surface area (Å²) < 4.78 is 10.9. The molecule has 0 aromatic heterocycles. The van der Waals surface area contributed by atoms with Crippen molar-refractivity contribution in [3.63, 3.8) is 0 Å². The molecule has 6 nitrogen and oxygen atoms in total. The molecule has 1 saturated heterocycles. The summed E-state index contributed by atoms with van der Waals surface area (Å²) in [7, 11) is 1.66. The van der Waals surface area contributed by atoms with Crippen LogP contribution in [0.25, 0.3) is 0 Å². The van der Waals surface area contributed by atoms with Gasteiger partial charge in [0, 0.05) is 12.1 Å². The number of anilines is 1. The Morgan fingerprint density at radius 2 is 1.68 bits per heavy atom. The third-order valence-corrected chi connectivity index (χ3v) is 6.78. The van der Waals surface area contributed by atoms with E-state index in [0.29, 0.717) is 19.7 Å². The van der Waals surface area contributed by atoms with Crippen molar-refractivity contribution in [2.75, 3.05) is 31.9 Å². The van der Waals surface area contributed by atoms with Gasteiger partial charge >= 0.3 is 5.97 Å². The smallest absolute Gasteiger partial charge is 0.311 e. The first kappa shape index (κ1) is 22.2. The molecule has 6 heteroatoms. The van der Waals surface area contributed by atoms with Gasteiger partial charge in [-0.25, -0.2) is 0 Å². The van der Waals surface area contributed by atoms with Gasteiger partial charge in [0.15, 0.2) is 0 Å². The monoisotopic (exact) mass is 455 g/mol. The fourth-order valence-corrected chi connectivity index (χ4v) is 5.29. The lowest BCUT2D eigenvalue weighted by Crippen LogP contribution is -2.60. The number of carbonyl (C=O) groups is 1. The highest BCUT2D eigenvalue weighted by Gasteiger charge is 2.59. The minimum Gasteiger partial charge on any atom is -0.497 e. The van der Waals surface area contributed by atoms with Gasteiger partial charge in [-0.2, -0.15) is 5.10 Å². The Hall–Kier alpha value is -3.64. The van der Waals surface area contributed by atoms with Crippen LogP contribution in [0.15, 0.2) is 90.0 Å². The SMILES string of the molecule is CCOC(=O)[C@@H]1CCN2CN(c3ccc(OC)cc3)N=C(c3ccccc3)[C@@]12c1ccccc1. The molecule has 5 rings (SSSR count). The average molecular weight is 456 g/mol. The lowest BCUT2D eigenvalue weighted by atomic mass is 9.72. The summed E-state index contributed by atoms with van der Waals surface area (Å²) in [6.45, 7) is 3.54. The number of nitrogens with zero attached hydrogens (tertiary/aromatic N) is 3. The van der Waals surface area contributed by atoms with Crippen LogP contribution in [0.5, 0.6) is 5.75 Å². The Morgan fingerprint density at radius 3 is 2.32 bits per heavy atom. The highest BCUT2D eigenvalue weighted by Crippen LogP contribution is 2.49. The van der Waals surface area contributed by atoms with E-state index in [4.69, 9.17) is 14.6 Å². The molecule has 0 amide bonds. The summed E-state index contributed by atoms with van der Waals surface area (Å²) in [4.78, 5) is 15.7. The van der Waals surface area contributed by atoms with Gasteiger partial charge in [0.05, 0.1) is 37.7 Å². The van der Waals surface area contributed by atoms with Crippen molar-refractivity contribution >= 4 is 17.4 Å². The number of hydrogen-bond donors (Lipinski definition) is 0. The fraction of sp³-hybridized carbons (Fsp3) is 0.286.